The normalized spacial score (nSPS) is 13.9. The van der Waals surface area contributed by atoms with Crippen LogP contribution in [0.3, 0.4) is 0 Å². The number of carbonyl (C=O) groups excluding carboxylic acids is 4. The van der Waals surface area contributed by atoms with Crippen molar-refractivity contribution >= 4 is 47.3 Å². The van der Waals surface area contributed by atoms with Gasteiger partial charge < -0.3 is 42.7 Å². The van der Waals surface area contributed by atoms with Crippen molar-refractivity contribution in [1.29, 1.82) is 0 Å². The summed E-state index contributed by atoms with van der Waals surface area (Å²) in [5, 5.41) is 34.6. The number of phenolic OH excluding ortho intramolecular Hbond substituents is 1. The van der Waals surface area contributed by atoms with Gasteiger partial charge in [-0.15, -0.1) is 0 Å². The molecule has 15 heteroatoms. The van der Waals surface area contributed by atoms with Gasteiger partial charge in [0.25, 0.3) is 0 Å². The minimum absolute atomic E-state index is 0.0324. The van der Waals surface area contributed by atoms with Crippen LogP contribution >= 0.6 is 11.8 Å². The van der Waals surface area contributed by atoms with E-state index in [4.69, 9.17) is 11.5 Å². The SMILES string of the molecule is CSCCC(N)C(=O)NC(Cc1ccc(O)cc1)C(=O)NC(CC(=O)O)C(=O)NC(CC(N)=O)C(=O)O. The van der Waals surface area contributed by atoms with Gasteiger partial charge in [0.1, 0.15) is 23.9 Å². The van der Waals surface area contributed by atoms with Crippen molar-refractivity contribution in [2.24, 2.45) is 11.5 Å². The number of nitrogens with two attached hydrogens (primary N) is 2. The Kier molecular flexibility index (Phi) is 12.9. The summed E-state index contributed by atoms with van der Waals surface area (Å²) < 4.78 is 0. The zero-order valence-electron chi connectivity index (χ0n) is 20.0. The lowest BCUT2D eigenvalue weighted by Gasteiger charge is -2.24. The van der Waals surface area contributed by atoms with Crippen molar-refractivity contribution in [3.63, 3.8) is 0 Å². The van der Waals surface area contributed by atoms with Crippen LogP contribution < -0.4 is 27.4 Å². The molecule has 204 valence electrons. The van der Waals surface area contributed by atoms with E-state index in [1.54, 1.807) is 0 Å². The molecular weight excluding hydrogens is 510 g/mol. The fraction of sp³-hybridized carbons (Fsp3) is 0.455. The highest BCUT2D eigenvalue weighted by Gasteiger charge is 2.32. The molecule has 4 atom stereocenters. The average molecular weight is 542 g/mol. The molecule has 0 saturated heterocycles. The van der Waals surface area contributed by atoms with Crippen LogP contribution in [0.15, 0.2) is 24.3 Å². The zero-order valence-corrected chi connectivity index (χ0v) is 20.8. The molecule has 0 heterocycles. The number of aliphatic carboxylic acids is 2. The third-order valence-corrected chi connectivity index (χ3v) is 5.65. The molecule has 0 saturated carbocycles. The Balaban J connectivity index is 3.13. The van der Waals surface area contributed by atoms with Crippen LogP contribution in [0.5, 0.6) is 5.75 Å². The summed E-state index contributed by atoms with van der Waals surface area (Å²) in [7, 11) is 0. The second kappa shape index (κ2) is 15.3. The van der Waals surface area contributed by atoms with E-state index in [2.05, 4.69) is 10.6 Å². The number of aromatic hydroxyl groups is 1. The molecule has 0 aliphatic carbocycles. The zero-order chi connectivity index (χ0) is 28.1. The number of carboxylic acids is 2. The van der Waals surface area contributed by atoms with E-state index in [0.717, 1.165) is 0 Å². The average Bonchev–Trinajstić information content (AvgIpc) is 2.81. The molecule has 10 N–H and O–H groups in total. The molecule has 14 nitrogen and oxygen atoms in total. The number of hydrogen-bond donors (Lipinski definition) is 8. The van der Waals surface area contributed by atoms with Gasteiger partial charge in [-0.2, -0.15) is 11.8 Å². The fourth-order valence-corrected chi connectivity index (χ4v) is 3.55. The third kappa shape index (κ3) is 11.6. The summed E-state index contributed by atoms with van der Waals surface area (Å²) in [5.74, 6) is -6.34. The van der Waals surface area contributed by atoms with Crippen LogP contribution in [0.1, 0.15) is 24.8 Å². The number of rotatable bonds is 16. The minimum Gasteiger partial charge on any atom is -0.508 e. The van der Waals surface area contributed by atoms with Crippen LogP contribution in [-0.2, 0) is 35.2 Å². The minimum atomic E-state index is -1.75. The van der Waals surface area contributed by atoms with E-state index < -0.39 is 72.6 Å². The lowest BCUT2D eigenvalue weighted by molar-refractivity contribution is -0.144. The molecule has 37 heavy (non-hydrogen) atoms. The monoisotopic (exact) mass is 541 g/mol. The maximum Gasteiger partial charge on any atom is 0.326 e. The number of thioether (sulfide) groups is 1. The van der Waals surface area contributed by atoms with E-state index in [9.17, 15) is 44.1 Å². The first kappa shape index (κ1) is 31.2. The number of nitrogens with one attached hydrogen (secondary N) is 3. The van der Waals surface area contributed by atoms with Crippen molar-refractivity contribution in [2.75, 3.05) is 12.0 Å². The van der Waals surface area contributed by atoms with Crippen molar-refractivity contribution in [2.45, 2.75) is 49.9 Å². The topological polar surface area (TPSA) is 251 Å². The number of carboxylic acid groups (broad SMARTS) is 2. The lowest BCUT2D eigenvalue weighted by Crippen LogP contribution is -2.58. The molecule has 0 radical (unpaired) electrons. The molecule has 1 aromatic carbocycles. The summed E-state index contributed by atoms with van der Waals surface area (Å²) in [6.07, 6.45) is 0.364. The lowest BCUT2D eigenvalue weighted by atomic mass is 10.0. The van der Waals surface area contributed by atoms with Gasteiger partial charge in [-0.05, 0) is 36.1 Å². The Hall–Kier alpha value is -3.85. The smallest absolute Gasteiger partial charge is 0.326 e. The molecule has 0 aliphatic heterocycles. The van der Waals surface area contributed by atoms with Crippen molar-refractivity contribution < 1.29 is 44.1 Å². The largest absolute Gasteiger partial charge is 0.508 e. The molecule has 1 rings (SSSR count). The number of hydrogen-bond acceptors (Lipinski definition) is 9. The van der Waals surface area contributed by atoms with E-state index in [1.165, 1.54) is 36.0 Å². The Morgan fingerprint density at radius 1 is 0.865 bits per heavy atom. The fourth-order valence-electron chi connectivity index (χ4n) is 3.06. The van der Waals surface area contributed by atoms with E-state index in [-0.39, 0.29) is 12.2 Å². The molecule has 4 unspecified atom stereocenters. The first-order valence-corrected chi connectivity index (χ1v) is 12.4. The van der Waals surface area contributed by atoms with Gasteiger partial charge in [0, 0.05) is 6.42 Å². The van der Waals surface area contributed by atoms with Gasteiger partial charge in [-0.25, -0.2) is 4.79 Å². The number of primary amides is 1. The highest BCUT2D eigenvalue weighted by molar-refractivity contribution is 7.98. The van der Waals surface area contributed by atoms with E-state index in [0.29, 0.717) is 17.7 Å². The van der Waals surface area contributed by atoms with Gasteiger partial charge in [-0.3, -0.25) is 24.0 Å². The van der Waals surface area contributed by atoms with Gasteiger partial charge in [0.05, 0.1) is 18.9 Å². The number of carbonyl (C=O) groups is 6. The highest BCUT2D eigenvalue weighted by Crippen LogP contribution is 2.12. The Bertz CT molecular complexity index is 989. The quantitative estimate of drug-likeness (QED) is 0.112. The highest BCUT2D eigenvalue weighted by atomic mass is 32.2. The van der Waals surface area contributed by atoms with E-state index >= 15 is 0 Å². The van der Waals surface area contributed by atoms with Crippen LogP contribution in [0.25, 0.3) is 0 Å². The maximum atomic E-state index is 13.1. The van der Waals surface area contributed by atoms with Crippen LogP contribution in [0, 0.1) is 0 Å². The first-order valence-electron chi connectivity index (χ1n) is 11.0. The molecule has 1 aromatic rings. The van der Waals surface area contributed by atoms with Crippen molar-refractivity contribution in [1.82, 2.24) is 16.0 Å². The maximum absolute atomic E-state index is 13.1. The standard InChI is InChI=1S/C22H31N5O9S/c1-37-7-6-13(23)19(32)25-14(8-11-2-4-12(28)5-3-11)20(33)26-15(10-18(30)31)21(34)27-16(22(35)36)9-17(24)29/h2-5,13-16,28H,6-10,23H2,1H3,(H2,24,29)(H,25,32)(H,26,33)(H,27,34)(H,30,31)(H,35,36). The first-order chi connectivity index (χ1) is 17.3. The summed E-state index contributed by atoms with van der Waals surface area (Å²) in [6, 6.07) is -0.0164. The number of amides is 4. The summed E-state index contributed by atoms with van der Waals surface area (Å²) in [5.41, 5.74) is 11.4. The van der Waals surface area contributed by atoms with Crippen molar-refractivity contribution in [3.05, 3.63) is 29.8 Å². The summed E-state index contributed by atoms with van der Waals surface area (Å²) in [4.78, 5) is 72.1. The number of benzene rings is 1. The second-order valence-electron chi connectivity index (χ2n) is 8.05. The Labute approximate surface area is 216 Å². The summed E-state index contributed by atoms with van der Waals surface area (Å²) in [6.45, 7) is 0. The Morgan fingerprint density at radius 2 is 1.41 bits per heavy atom. The van der Waals surface area contributed by atoms with Gasteiger partial charge in [0.2, 0.25) is 23.6 Å². The molecule has 0 aliphatic rings. The van der Waals surface area contributed by atoms with Gasteiger partial charge in [0.15, 0.2) is 0 Å². The molecule has 0 bridgehead atoms. The van der Waals surface area contributed by atoms with Gasteiger partial charge >= 0.3 is 11.9 Å². The molecule has 0 aromatic heterocycles. The molecular formula is C22H31N5O9S. The number of phenols is 1. The molecule has 0 spiro atoms. The van der Waals surface area contributed by atoms with Crippen LogP contribution in [-0.4, -0.2) is 87.1 Å². The van der Waals surface area contributed by atoms with Crippen molar-refractivity contribution in [3.8, 4) is 5.75 Å². The van der Waals surface area contributed by atoms with Crippen LogP contribution in [0.2, 0.25) is 0 Å². The Morgan fingerprint density at radius 3 is 1.92 bits per heavy atom. The molecule has 0 fully saturated rings. The predicted octanol–water partition coefficient (Wildman–Crippen LogP) is -2.10. The molecule has 4 amide bonds. The van der Waals surface area contributed by atoms with Crippen LogP contribution in [0.4, 0.5) is 0 Å². The predicted molar refractivity (Wildman–Crippen MR) is 132 cm³/mol. The van der Waals surface area contributed by atoms with E-state index in [1.807, 2.05) is 11.6 Å². The summed E-state index contributed by atoms with van der Waals surface area (Å²) >= 11 is 1.47. The second-order valence-corrected chi connectivity index (χ2v) is 9.03. The third-order valence-electron chi connectivity index (χ3n) is 5.01. The van der Waals surface area contributed by atoms with Gasteiger partial charge in [-0.1, -0.05) is 12.1 Å².